The van der Waals surface area contributed by atoms with Crippen LogP contribution in [0.5, 0.6) is 0 Å². The van der Waals surface area contributed by atoms with Crippen molar-refractivity contribution in [3.8, 4) is 0 Å². The molecule has 0 radical (unpaired) electrons. The molecule has 1 aromatic rings. The molecule has 15 heavy (non-hydrogen) atoms. The van der Waals surface area contributed by atoms with E-state index in [4.69, 9.17) is 0 Å². The Bertz CT molecular complexity index is 382. The standard InChI is InChI=1S/C10H14N2O3/c1-7-9(5-12(2)11-7)10(14)4-8(13)6-15-3/h5H,4,6H2,1-3H3. The van der Waals surface area contributed by atoms with Gasteiger partial charge in [0.25, 0.3) is 0 Å². The number of ketones is 2. The van der Waals surface area contributed by atoms with E-state index in [2.05, 4.69) is 9.84 Å². The summed E-state index contributed by atoms with van der Waals surface area (Å²) in [6.07, 6.45) is 1.50. The summed E-state index contributed by atoms with van der Waals surface area (Å²) in [7, 11) is 3.17. The number of aromatic nitrogens is 2. The highest BCUT2D eigenvalue weighted by Gasteiger charge is 2.15. The average molecular weight is 210 g/mol. The van der Waals surface area contributed by atoms with Crippen molar-refractivity contribution in [1.82, 2.24) is 9.78 Å². The summed E-state index contributed by atoms with van der Waals surface area (Å²) in [4.78, 5) is 22.8. The van der Waals surface area contributed by atoms with Crippen LogP contribution < -0.4 is 0 Å². The molecule has 5 heteroatoms. The van der Waals surface area contributed by atoms with Crippen molar-refractivity contribution in [2.75, 3.05) is 13.7 Å². The lowest BCUT2D eigenvalue weighted by molar-refractivity contribution is -0.121. The van der Waals surface area contributed by atoms with Gasteiger partial charge >= 0.3 is 0 Å². The molecule has 82 valence electrons. The Morgan fingerprint density at radius 1 is 1.53 bits per heavy atom. The molecule has 0 atom stereocenters. The average Bonchev–Trinajstić information content (AvgIpc) is 2.45. The smallest absolute Gasteiger partial charge is 0.173 e. The predicted molar refractivity (Wildman–Crippen MR) is 53.8 cm³/mol. The first-order chi connectivity index (χ1) is 7.04. The van der Waals surface area contributed by atoms with Crippen LogP contribution >= 0.6 is 0 Å². The molecule has 0 amide bonds. The van der Waals surface area contributed by atoms with Crippen LogP contribution in [0.4, 0.5) is 0 Å². The number of ether oxygens (including phenoxy) is 1. The van der Waals surface area contributed by atoms with Gasteiger partial charge in [-0.05, 0) is 6.92 Å². The number of nitrogens with zero attached hydrogens (tertiary/aromatic N) is 2. The first kappa shape index (κ1) is 11.6. The zero-order valence-corrected chi connectivity index (χ0v) is 9.11. The van der Waals surface area contributed by atoms with E-state index < -0.39 is 0 Å². The van der Waals surface area contributed by atoms with Crippen LogP contribution in [0, 0.1) is 6.92 Å². The maximum Gasteiger partial charge on any atom is 0.173 e. The fourth-order valence-corrected chi connectivity index (χ4v) is 1.36. The van der Waals surface area contributed by atoms with Crippen molar-refractivity contribution in [3.63, 3.8) is 0 Å². The molecular weight excluding hydrogens is 196 g/mol. The number of aryl methyl sites for hydroxylation is 2. The molecule has 1 aromatic heterocycles. The lowest BCUT2D eigenvalue weighted by Crippen LogP contribution is -2.13. The molecule has 0 fully saturated rings. The number of hydrogen-bond donors (Lipinski definition) is 0. The first-order valence-electron chi connectivity index (χ1n) is 4.58. The van der Waals surface area contributed by atoms with E-state index in [9.17, 15) is 9.59 Å². The molecule has 0 saturated carbocycles. The van der Waals surface area contributed by atoms with Crippen molar-refractivity contribution in [3.05, 3.63) is 17.5 Å². The molecule has 5 nitrogen and oxygen atoms in total. The van der Waals surface area contributed by atoms with Crippen LogP contribution in [0.1, 0.15) is 22.5 Å². The Morgan fingerprint density at radius 3 is 2.67 bits per heavy atom. The zero-order chi connectivity index (χ0) is 11.4. The van der Waals surface area contributed by atoms with Crippen LogP contribution in [0.2, 0.25) is 0 Å². The monoisotopic (exact) mass is 210 g/mol. The summed E-state index contributed by atoms with van der Waals surface area (Å²) in [5.41, 5.74) is 1.15. The van der Waals surface area contributed by atoms with Crippen molar-refractivity contribution in [1.29, 1.82) is 0 Å². The van der Waals surface area contributed by atoms with Crippen molar-refractivity contribution >= 4 is 11.6 Å². The maximum absolute atomic E-state index is 11.6. The number of rotatable bonds is 5. The summed E-state index contributed by atoms with van der Waals surface area (Å²) in [5.74, 6) is -0.423. The van der Waals surface area contributed by atoms with Crippen molar-refractivity contribution < 1.29 is 14.3 Å². The molecular formula is C10H14N2O3. The molecule has 0 bridgehead atoms. The number of hydrogen-bond acceptors (Lipinski definition) is 4. The summed E-state index contributed by atoms with van der Waals surface area (Å²) < 4.78 is 6.21. The van der Waals surface area contributed by atoms with Gasteiger partial charge in [0.15, 0.2) is 11.6 Å². The maximum atomic E-state index is 11.6. The van der Waals surface area contributed by atoms with Gasteiger partial charge in [0.1, 0.15) is 6.61 Å². The van der Waals surface area contributed by atoms with Gasteiger partial charge in [-0.15, -0.1) is 0 Å². The third-order valence-electron chi connectivity index (χ3n) is 1.98. The molecule has 1 rings (SSSR count). The third kappa shape index (κ3) is 2.99. The van der Waals surface area contributed by atoms with Gasteiger partial charge in [0.2, 0.25) is 0 Å². The van der Waals surface area contributed by atoms with E-state index in [-0.39, 0.29) is 24.6 Å². The van der Waals surface area contributed by atoms with Gasteiger partial charge in [-0.25, -0.2) is 0 Å². The van der Waals surface area contributed by atoms with Crippen LogP contribution in [0.15, 0.2) is 6.20 Å². The Labute approximate surface area is 88.0 Å². The highest BCUT2D eigenvalue weighted by molar-refractivity contribution is 6.08. The zero-order valence-electron chi connectivity index (χ0n) is 9.11. The Kier molecular flexibility index (Phi) is 3.74. The quantitative estimate of drug-likeness (QED) is 0.525. The molecule has 0 spiro atoms. The second-order valence-corrected chi connectivity index (χ2v) is 3.37. The molecule has 0 N–H and O–H groups in total. The topological polar surface area (TPSA) is 61.2 Å². The van der Waals surface area contributed by atoms with E-state index in [1.165, 1.54) is 7.11 Å². The van der Waals surface area contributed by atoms with Gasteiger partial charge in [-0.1, -0.05) is 0 Å². The molecule has 0 unspecified atom stereocenters. The third-order valence-corrected chi connectivity index (χ3v) is 1.98. The van der Waals surface area contributed by atoms with E-state index in [0.29, 0.717) is 11.3 Å². The van der Waals surface area contributed by atoms with Crippen LogP contribution in [-0.2, 0) is 16.6 Å². The molecule has 0 aliphatic rings. The van der Waals surface area contributed by atoms with Crippen molar-refractivity contribution in [2.24, 2.45) is 7.05 Å². The van der Waals surface area contributed by atoms with Crippen LogP contribution in [-0.4, -0.2) is 35.1 Å². The summed E-state index contributed by atoms with van der Waals surface area (Å²) in [5, 5.41) is 4.04. The fourth-order valence-electron chi connectivity index (χ4n) is 1.36. The number of carbonyl (C=O) groups is 2. The van der Waals surface area contributed by atoms with E-state index >= 15 is 0 Å². The molecule has 0 saturated heterocycles. The second kappa shape index (κ2) is 4.84. The van der Waals surface area contributed by atoms with Crippen LogP contribution in [0.25, 0.3) is 0 Å². The second-order valence-electron chi connectivity index (χ2n) is 3.37. The fraction of sp³-hybridized carbons (Fsp3) is 0.500. The first-order valence-corrected chi connectivity index (χ1v) is 4.58. The molecule has 1 heterocycles. The Hall–Kier alpha value is -1.49. The van der Waals surface area contributed by atoms with Crippen molar-refractivity contribution in [2.45, 2.75) is 13.3 Å². The van der Waals surface area contributed by atoms with Gasteiger partial charge < -0.3 is 4.74 Å². The predicted octanol–water partition coefficient (Wildman–Crippen LogP) is 0.517. The summed E-state index contributed by atoms with van der Waals surface area (Å²) in [6, 6.07) is 0. The van der Waals surface area contributed by atoms with E-state index in [1.54, 1.807) is 24.9 Å². The lowest BCUT2D eigenvalue weighted by Gasteiger charge is -1.98. The Morgan fingerprint density at radius 2 is 2.20 bits per heavy atom. The summed E-state index contributed by atoms with van der Waals surface area (Å²) in [6.45, 7) is 1.72. The Balaban J connectivity index is 2.69. The van der Waals surface area contributed by atoms with Gasteiger partial charge in [-0.2, -0.15) is 5.10 Å². The molecule has 0 aromatic carbocycles. The highest BCUT2D eigenvalue weighted by atomic mass is 16.5. The van der Waals surface area contributed by atoms with Crippen LogP contribution in [0.3, 0.4) is 0 Å². The normalized spacial score (nSPS) is 10.3. The number of carbonyl (C=O) groups excluding carboxylic acids is 2. The minimum atomic E-state index is -0.217. The van der Waals surface area contributed by atoms with Gasteiger partial charge in [0, 0.05) is 20.4 Å². The van der Waals surface area contributed by atoms with Gasteiger partial charge in [-0.3, -0.25) is 14.3 Å². The summed E-state index contributed by atoms with van der Waals surface area (Å²) >= 11 is 0. The highest BCUT2D eigenvalue weighted by Crippen LogP contribution is 2.08. The number of methoxy groups -OCH3 is 1. The lowest BCUT2D eigenvalue weighted by atomic mass is 10.1. The largest absolute Gasteiger partial charge is 0.377 e. The van der Waals surface area contributed by atoms with E-state index in [1.807, 2.05) is 0 Å². The minimum Gasteiger partial charge on any atom is -0.377 e. The SMILES string of the molecule is COCC(=O)CC(=O)c1cn(C)nc1C. The molecule has 0 aliphatic carbocycles. The van der Waals surface area contributed by atoms with Gasteiger partial charge in [0.05, 0.1) is 17.7 Å². The van der Waals surface area contributed by atoms with E-state index in [0.717, 1.165) is 0 Å². The minimum absolute atomic E-state index is 0.0228. The molecule has 0 aliphatic heterocycles. The number of Topliss-reactive ketones (excluding diaryl/α,β-unsaturated/α-hetero) is 2.